The van der Waals surface area contributed by atoms with Crippen LogP contribution in [0.25, 0.3) is 0 Å². The van der Waals surface area contributed by atoms with Crippen molar-refractivity contribution in [1.82, 2.24) is 10.2 Å². The molecule has 1 rings (SSSR count). The maximum atomic E-state index is 4.35. The van der Waals surface area contributed by atoms with Crippen molar-refractivity contribution in [2.24, 2.45) is 0 Å². The van der Waals surface area contributed by atoms with E-state index in [-0.39, 0.29) is 0 Å². The molecule has 1 aromatic rings. The Morgan fingerprint density at radius 2 is 0.667 bits per heavy atom. The number of unbranched alkanes of at least 4 members (excludes halogenated alkanes) is 28. The van der Waals surface area contributed by atoms with Crippen molar-refractivity contribution in [3.63, 3.8) is 0 Å². The van der Waals surface area contributed by atoms with E-state index in [1.807, 2.05) is 0 Å². The summed E-state index contributed by atoms with van der Waals surface area (Å²) >= 11 is 1.71. The average Bonchev–Trinajstić information content (AvgIpc) is 3.51. The van der Waals surface area contributed by atoms with Crippen LogP contribution in [0.2, 0.25) is 0 Å². The molecule has 0 amide bonds. The third kappa shape index (κ3) is 32.7. The van der Waals surface area contributed by atoms with Gasteiger partial charge in [-0.3, -0.25) is 0 Å². The summed E-state index contributed by atoms with van der Waals surface area (Å²) in [5.41, 5.74) is 0. The minimum atomic E-state index is 1.05. The highest BCUT2D eigenvalue weighted by Gasteiger charge is 2.05. The Morgan fingerprint density at radius 1 is 0.400 bits per heavy atom. The Morgan fingerprint density at radius 3 is 0.956 bits per heavy atom. The Kier molecular flexibility index (Phi) is 36.0. The highest BCUT2D eigenvalue weighted by Crippen LogP contribution is 2.40. The van der Waals surface area contributed by atoms with Crippen LogP contribution in [0, 0.1) is 0 Å². The number of hydrogen-bond acceptors (Lipinski definition) is 7. The molecule has 0 spiro atoms. The summed E-state index contributed by atoms with van der Waals surface area (Å²) in [6.45, 7) is 4.60. The van der Waals surface area contributed by atoms with E-state index in [4.69, 9.17) is 0 Å². The van der Waals surface area contributed by atoms with Crippen LogP contribution in [0.4, 0.5) is 0 Å². The van der Waals surface area contributed by atoms with Crippen molar-refractivity contribution in [2.75, 3.05) is 0 Å². The second kappa shape index (κ2) is 37.3. The van der Waals surface area contributed by atoms with Crippen LogP contribution in [0.5, 0.6) is 0 Å². The van der Waals surface area contributed by atoms with Crippen LogP contribution in [0.3, 0.4) is 0 Å². The van der Waals surface area contributed by atoms with Gasteiger partial charge in [0, 0.05) is 0 Å². The first-order chi connectivity index (χ1) is 22.4. The molecule has 1 aromatic heterocycles. The largest absolute Gasteiger partial charge is 0.186 e. The fourth-order valence-corrected chi connectivity index (χ4v) is 10.4. The van der Waals surface area contributed by atoms with Gasteiger partial charge in [-0.25, -0.2) is 0 Å². The summed E-state index contributed by atoms with van der Waals surface area (Å²) in [5.74, 6) is 0. The molecule has 0 saturated carbocycles. The van der Waals surface area contributed by atoms with Gasteiger partial charge >= 0.3 is 0 Å². The summed E-state index contributed by atoms with van der Waals surface area (Å²) in [5, 5.41) is 13.2. The van der Waals surface area contributed by atoms with E-state index >= 15 is 0 Å². The second-order valence-corrected chi connectivity index (χ2v) is 18.4. The van der Waals surface area contributed by atoms with E-state index in [1.165, 1.54) is 193 Å². The average molecular weight is 715 g/mol. The van der Waals surface area contributed by atoms with Crippen molar-refractivity contribution in [3.05, 3.63) is 23.0 Å². The molecule has 0 saturated heterocycles. The molecule has 45 heavy (non-hydrogen) atoms. The lowest BCUT2D eigenvalue weighted by Crippen LogP contribution is -1.83. The molecule has 0 aliphatic heterocycles. The van der Waals surface area contributed by atoms with Crippen molar-refractivity contribution in [3.8, 4) is 0 Å². The van der Waals surface area contributed by atoms with Crippen molar-refractivity contribution < 1.29 is 0 Å². The summed E-state index contributed by atoms with van der Waals surface area (Å²) in [6, 6.07) is 0. The molecule has 0 radical (unpaired) electrons. The van der Waals surface area contributed by atoms with E-state index < -0.39 is 0 Å². The highest BCUT2D eigenvalue weighted by molar-refractivity contribution is 8.78. The first-order valence-electron chi connectivity index (χ1n) is 19.2. The molecule has 262 valence electrons. The van der Waals surface area contributed by atoms with Gasteiger partial charge in [0.1, 0.15) is 0 Å². The first kappa shape index (κ1) is 43.5. The van der Waals surface area contributed by atoms with Crippen LogP contribution in [0.15, 0.2) is 31.6 Å². The van der Waals surface area contributed by atoms with Crippen LogP contribution < -0.4 is 0 Å². The van der Waals surface area contributed by atoms with Crippen molar-refractivity contribution >= 4 is 54.5 Å². The van der Waals surface area contributed by atoms with Gasteiger partial charge in [0.15, 0.2) is 8.68 Å². The van der Waals surface area contributed by atoms with E-state index in [2.05, 4.69) is 47.0 Å². The van der Waals surface area contributed by atoms with Gasteiger partial charge in [-0.1, -0.05) is 226 Å². The van der Waals surface area contributed by atoms with Gasteiger partial charge in [0.2, 0.25) is 0 Å². The molecule has 7 heteroatoms. The number of hydrogen-bond donors (Lipinski definition) is 0. The zero-order chi connectivity index (χ0) is 32.1. The molecule has 0 atom stereocenters. The van der Waals surface area contributed by atoms with E-state index in [1.54, 1.807) is 54.5 Å². The van der Waals surface area contributed by atoms with Crippen LogP contribution >= 0.6 is 54.5 Å². The smallest absolute Gasteiger partial charge is 0.130 e. The lowest BCUT2D eigenvalue weighted by molar-refractivity contribution is 0.536. The van der Waals surface area contributed by atoms with Gasteiger partial charge in [-0.2, -0.15) is 0 Å². The van der Waals surface area contributed by atoms with Crippen LogP contribution in [-0.4, -0.2) is 10.2 Å². The topological polar surface area (TPSA) is 25.8 Å². The zero-order valence-corrected chi connectivity index (χ0v) is 33.5. The third-order valence-electron chi connectivity index (χ3n) is 8.38. The van der Waals surface area contributed by atoms with Crippen LogP contribution in [-0.2, 0) is 0 Å². The maximum absolute atomic E-state index is 4.35. The van der Waals surface area contributed by atoms with E-state index in [0.717, 1.165) is 8.68 Å². The predicted molar refractivity (Wildman–Crippen MR) is 215 cm³/mol. The lowest BCUT2D eigenvalue weighted by Gasteiger charge is -2.02. The molecule has 0 aliphatic carbocycles. The monoisotopic (exact) mass is 714 g/mol. The quantitative estimate of drug-likeness (QED) is 0.0507. The summed E-state index contributed by atoms with van der Waals surface area (Å²) in [7, 11) is 7.00. The van der Waals surface area contributed by atoms with Gasteiger partial charge in [-0.05, 0) is 58.1 Å². The molecule has 1 heterocycles. The number of nitrogens with zero attached hydrogens (tertiary/aromatic N) is 2. The fourth-order valence-electron chi connectivity index (χ4n) is 5.53. The van der Waals surface area contributed by atoms with Gasteiger partial charge < -0.3 is 0 Å². The molecule has 0 aliphatic rings. The Balaban J connectivity index is 1.83. The predicted octanol–water partition coefficient (Wildman–Crippen LogP) is 16.8. The number of allylic oxidation sites excluding steroid dienone is 2. The van der Waals surface area contributed by atoms with Crippen molar-refractivity contribution in [2.45, 2.75) is 215 Å². The minimum Gasteiger partial charge on any atom is -0.130 e. The molecule has 0 bridgehead atoms. The molecule has 0 aromatic carbocycles. The minimum absolute atomic E-state index is 1.05. The lowest BCUT2D eigenvalue weighted by atomic mass is 10.0. The van der Waals surface area contributed by atoms with Gasteiger partial charge in [-0.15, -0.1) is 10.2 Å². The van der Waals surface area contributed by atoms with Gasteiger partial charge in [0.05, 0.1) is 0 Å². The number of aromatic nitrogens is 2. The zero-order valence-electron chi connectivity index (χ0n) is 29.5. The molecule has 0 N–H and O–H groups in total. The fraction of sp³-hybridized carbons (Fsp3) is 0.842. The van der Waals surface area contributed by atoms with E-state index in [9.17, 15) is 0 Å². The van der Waals surface area contributed by atoms with Crippen molar-refractivity contribution in [1.29, 1.82) is 0 Å². The molecular formula is C38H70N2S5. The molecular weight excluding hydrogens is 645 g/mol. The second-order valence-electron chi connectivity index (χ2n) is 12.7. The number of rotatable bonds is 36. The molecule has 2 nitrogen and oxygen atoms in total. The Bertz CT molecular complexity index is 707. The summed E-state index contributed by atoms with van der Waals surface area (Å²) in [4.78, 5) is 0. The molecule has 0 unspecified atom stereocenters. The van der Waals surface area contributed by atoms with Crippen LogP contribution in [0.1, 0.15) is 206 Å². The summed E-state index contributed by atoms with van der Waals surface area (Å²) < 4.78 is 2.10. The normalized spacial score (nSPS) is 12.0. The van der Waals surface area contributed by atoms with Gasteiger partial charge in [0.25, 0.3) is 0 Å². The Labute approximate surface area is 301 Å². The first-order valence-corrected chi connectivity index (χ1v) is 24.4. The standard InChI is InChI=1S/C38H70N2S5/c1-3-5-7-9-11-13-15-17-19-21-23-25-27-29-31-33-35-41-44-37-39-40-38(43-37)45-42-36-34-32-30-28-26-24-22-20-18-16-14-12-10-8-6-4-2/h33-36H,3-32H2,1-2H3/b35-33+,36-34+. The third-order valence-corrected chi connectivity index (χ3v) is 14.0. The van der Waals surface area contributed by atoms with E-state index in [0.29, 0.717) is 0 Å². The highest BCUT2D eigenvalue weighted by atomic mass is 33.1. The summed E-state index contributed by atoms with van der Waals surface area (Å²) in [6.07, 6.45) is 46.9. The SMILES string of the molecule is CCCCCCCCCCCCCCCC/C=C/SSc1nnc(SS/C=C/CCCCCCCCCCCCCCCC)s1. The molecule has 0 fully saturated rings. The Hall–Kier alpha value is 0.440. The maximum Gasteiger partial charge on any atom is 0.186 e.